The highest BCUT2D eigenvalue weighted by Crippen LogP contribution is 2.27. The summed E-state index contributed by atoms with van der Waals surface area (Å²) < 4.78 is 0. The molecule has 1 saturated heterocycles. The maximum absolute atomic E-state index is 4.90. The molecule has 6 heterocycles. The van der Waals surface area contributed by atoms with E-state index < -0.39 is 0 Å². The van der Waals surface area contributed by atoms with Crippen LogP contribution in [0.3, 0.4) is 0 Å². The van der Waals surface area contributed by atoms with Gasteiger partial charge in [-0.25, -0.2) is 15.0 Å². The monoisotopic (exact) mass is 396 g/mol. The Morgan fingerprint density at radius 1 is 1.00 bits per heavy atom. The first kappa shape index (κ1) is 17.2. The van der Waals surface area contributed by atoms with Gasteiger partial charge in [0.05, 0.1) is 16.7 Å². The molecular weight excluding hydrogens is 376 g/mol. The standard InChI is InChI=1S/C22H20N8/c1-2-9-30(8-1)13-14-10-15(12-23-11-14)16-5-6-17-19(25-16)20(29-28-17)22-26-18-4-3-7-24-21(18)27-22/h3-7,10-12H,1-2,8-9,13H2,(H,28,29)(H,24,26,27). The van der Waals surface area contributed by atoms with E-state index in [1.54, 1.807) is 6.20 Å². The molecule has 8 heteroatoms. The predicted molar refractivity (Wildman–Crippen MR) is 115 cm³/mol. The summed E-state index contributed by atoms with van der Waals surface area (Å²) in [7, 11) is 0. The number of likely N-dealkylation sites (tertiary alicyclic amines) is 1. The second-order valence-corrected chi connectivity index (χ2v) is 7.69. The number of hydrogen-bond acceptors (Lipinski definition) is 6. The number of nitrogens with zero attached hydrogens (tertiary/aromatic N) is 6. The van der Waals surface area contributed by atoms with Crippen LogP contribution in [-0.2, 0) is 6.54 Å². The third-order valence-corrected chi connectivity index (χ3v) is 5.58. The second-order valence-electron chi connectivity index (χ2n) is 7.69. The molecule has 30 heavy (non-hydrogen) atoms. The van der Waals surface area contributed by atoms with Crippen molar-refractivity contribution < 1.29 is 0 Å². The molecule has 6 rings (SSSR count). The molecule has 0 unspecified atom stereocenters. The lowest BCUT2D eigenvalue weighted by Gasteiger charge is -2.14. The number of aromatic nitrogens is 7. The lowest BCUT2D eigenvalue weighted by molar-refractivity contribution is 0.331. The quantitative estimate of drug-likeness (QED) is 0.482. The average molecular weight is 396 g/mol. The summed E-state index contributed by atoms with van der Waals surface area (Å²) in [6.45, 7) is 3.27. The topological polar surface area (TPSA) is 99.3 Å². The number of imidazole rings is 1. The minimum Gasteiger partial charge on any atom is -0.335 e. The zero-order valence-corrected chi connectivity index (χ0v) is 16.3. The molecule has 2 N–H and O–H groups in total. The van der Waals surface area contributed by atoms with Crippen LogP contribution in [0, 0.1) is 0 Å². The first-order chi connectivity index (χ1) is 14.8. The van der Waals surface area contributed by atoms with Crippen LogP contribution in [0.25, 0.3) is 45.0 Å². The van der Waals surface area contributed by atoms with E-state index in [0.29, 0.717) is 17.2 Å². The fourth-order valence-corrected chi connectivity index (χ4v) is 4.10. The third-order valence-electron chi connectivity index (χ3n) is 5.58. The fraction of sp³-hybridized carbons (Fsp3) is 0.227. The average Bonchev–Trinajstić information content (AvgIpc) is 3.52. The van der Waals surface area contributed by atoms with Gasteiger partial charge in [-0.3, -0.25) is 15.0 Å². The van der Waals surface area contributed by atoms with Crippen molar-refractivity contribution >= 4 is 22.2 Å². The number of H-pyrrole nitrogens is 2. The lowest BCUT2D eigenvalue weighted by atomic mass is 10.1. The largest absolute Gasteiger partial charge is 0.335 e. The van der Waals surface area contributed by atoms with E-state index in [1.165, 1.54) is 31.5 Å². The van der Waals surface area contributed by atoms with E-state index in [2.05, 4.69) is 41.1 Å². The molecule has 0 atom stereocenters. The van der Waals surface area contributed by atoms with Gasteiger partial charge >= 0.3 is 0 Å². The van der Waals surface area contributed by atoms with Gasteiger partial charge < -0.3 is 4.98 Å². The van der Waals surface area contributed by atoms with Crippen LogP contribution in [0.4, 0.5) is 0 Å². The Kier molecular flexibility index (Phi) is 4.02. The molecule has 0 aliphatic carbocycles. The Bertz CT molecular complexity index is 1310. The minimum atomic E-state index is 0.653. The van der Waals surface area contributed by atoms with Gasteiger partial charge in [-0.2, -0.15) is 5.10 Å². The number of hydrogen-bond donors (Lipinski definition) is 2. The van der Waals surface area contributed by atoms with E-state index in [0.717, 1.165) is 34.4 Å². The van der Waals surface area contributed by atoms with Gasteiger partial charge in [-0.1, -0.05) is 0 Å². The van der Waals surface area contributed by atoms with E-state index in [9.17, 15) is 0 Å². The van der Waals surface area contributed by atoms with Gasteiger partial charge in [-0.05, 0) is 61.8 Å². The molecule has 5 aromatic rings. The maximum atomic E-state index is 4.90. The number of nitrogens with one attached hydrogen (secondary N) is 2. The molecule has 1 aliphatic heterocycles. The summed E-state index contributed by atoms with van der Waals surface area (Å²) in [5, 5.41) is 7.50. The Morgan fingerprint density at radius 3 is 2.83 bits per heavy atom. The third kappa shape index (κ3) is 3.02. The molecule has 0 amide bonds. The van der Waals surface area contributed by atoms with Crippen LogP contribution >= 0.6 is 0 Å². The smallest absolute Gasteiger partial charge is 0.178 e. The SMILES string of the molecule is c1cnc2nc(-c3n[nH]c4ccc(-c5cncc(CN6CCCC6)c5)nc34)[nH]c2c1. The van der Waals surface area contributed by atoms with Gasteiger partial charge in [0.15, 0.2) is 17.2 Å². The Morgan fingerprint density at radius 2 is 1.93 bits per heavy atom. The van der Waals surface area contributed by atoms with Gasteiger partial charge in [0.2, 0.25) is 0 Å². The van der Waals surface area contributed by atoms with Crippen LogP contribution in [0.1, 0.15) is 18.4 Å². The van der Waals surface area contributed by atoms with Crippen LogP contribution in [-0.4, -0.2) is 53.1 Å². The van der Waals surface area contributed by atoms with Crippen LogP contribution in [0.5, 0.6) is 0 Å². The highest BCUT2D eigenvalue weighted by molar-refractivity contribution is 5.90. The van der Waals surface area contributed by atoms with Gasteiger partial charge in [0.25, 0.3) is 0 Å². The molecule has 1 fully saturated rings. The highest BCUT2D eigenvalue weighted by atomic mass is 15.2. The Hall–Kier alpha value is -3.65. The zero-order chi connectivity index (χ0) is 19.9. The van der Waals surface area contributed by atoms with Crippen molar-refractivity contribution in [2.24, 2.45) is 0 Å². The molecule has 0 bridgehead atoms. The summed E-state index contributed by atoms with van der Waals surface area (Å²) in [6, 6.07) is 10.0. The lowest BCUT2D eigenvalue weighted by Crippen LogP contribution is -2.18. The highest BCUT2D eigenvalue weighted by Gasteiger charge is 2.16. The van der Waals surface area contributed by atoms with Crippen molar-refractivity contribution in [2.45, 2.75) is 19.4 Å². The van der Waals surface area contributed by atoms with Crippen molar-refractivity contribution in [3.8, 4) is 22.8 Å². The predicted octanol–water partition coefficient (Wildman–Crippen LogP) is 3.55. The van der Waals surface area contributed by atoms with Crippen LogP contribution in [0.15, 0.2) is 48.9 Å². The molecule has 0 aromatic carbocycles. The van der Waals surface area contributed by atoms with E-state index in [1.807, 2.05) is 36.7 Å². The summed E-state index contributed by atoms with van der Waals surface area (Å²) in [5.41, 5.74) is 6.96. The molecule has 1 aliphatic rings. The zero-order valence-electron chi connectivity index (χ0n) is 16.3. The number of rotatable bonds is 4. The van der Waals surface area contributed by atoms with E-state index in [4.69, 9.17) is 4.98 Å². The normalized spacial score (nSPS) is 14.8. The van der Waals surface area contributed by atoms with Gasteiger partial charge in [-0.15, -0.1) is 0 Å². The second kappa shape index (κ2) is 7.00. The summed E-state index contributed by atoms with van der Waals surface area (Å²) >= 11 is 0. The van der Waals surface area contributed by atoms with Crippen molar-refractivity contribution in [2.75, 3.05) is 13.1 Å². The molecule has 0 spiro atoms. The van der Waals surface area contributed by atoms with E-state index in [-0.39, 0.29) is 0 Å². The van der Waals surface area contributed by atoms with Crippen molar-refractivity contribution in [1.82, 2.24) is 40.0 Å². The Balaban J connectivity index is 1.39. The summed E-state index contributed by atoms with van der Waals surface area (Å²) in [4.78, 5) is 24.0. The van der Waals surface area contributed by atoms with Crippen LogP contribution in [0.2, 0.25) is 0 Å². The number of aromatic amines is 2. The van der Waals surface area contributed by atoms with Gasteiger partial charge in [0, 0.05) is 30.7 Å². The van der Waals surface area contributed by atoms with Gasteiger partial charge in [0.1, 0.15) is 5.52 Å². The maximum Gasteiger partial charge on any atom is 0.178 e. The first-order valence-corrected chi connectivity index (χ1v) is 10.2. The Labute approximate surface area is 172 Å². The molecule has 5 aromatic heterocycles. The minimum absolute atomic E-state index is 0.653. The number of fused-ring (bicyclic) bond motifs is 2. The van der Waals surface area contributed by atoms with E-state index >= 15 is 0 Å². The van der Waals surface area contributed by atoms with Crippen molar-refractivity contribution in [1.29, 1.82) is 0 Å². The molecule has 0 saturated carbocycles. The molecule has 148 valence electrons. The molecule has 8 nitrogen and oxygen atoms in total. The fourth-order valence-electron chi connectivity index (χ4n) is 4.10. The first-order valence-electron chi connectivity index (χ1n) is 10.2. The summed E-state index contributed by atoms with van der Waals surface area (Å²) in [6.07, 6.45) is 8.11. The van der Waals surface area contributed by atoms with Crippen molar-refractivity contribution in [3.63, 3.8) is 0 Å². The number of pyridine rings is 3. The molecule has 0 radical (unpaired) electrons. The molecular formula is C22H20N8. The van der Waals surface area contributed by atoms with Crippen molar-refractivity contribution in [3.05, 3.63) is 54.5 Å². The summed E-state index contributed by atoms with van der Waals surface area (Å²) in [5.74, 6) is 0.653. The van der Waals surface area contributed by atoms with Crippen LogP contribution < -0.4 is 0 Å².